The van der Waals surface area contributed by atoms with Crippen LogP contribution in [0.25, 0.3) is 21.9 Å². The number of carbonyl (C=O) groups excluding carboxylic acids is 1. The Labute approximate surface area is 284 Å². The highest BCUT2D eigenvalue weighted by Crippen LogP contribution is 2.32. The van der Waals surface area contributed by atoms with Crippen molar-refractivity contribution in [1.82, 2.24) is 29.6 Å². The number of hydrogen-bond acceptors (Lipinski definition) is 10. The monoisotopic (exact) mass is 675 g/mol. The van der Waals surface area contributed by atoms with Gasteiger partial charge in [0.05, 0.1) is 29.6 Å². The topological polar surface area (TPSA) is 132 Å². The van der Waals surface area contributed by atoms with Crippen LogP contribution in [0.5, 0.6) is 0 Å². The van der Waals surface area contributed by atoms with Gasteiger partial charge in [-0.2, -0.15) is 9.97 Å². The van der Waals surface area contributed by atoms with E-state index in [-0.39, 0.29) is 30.5 Å². The second kappa shape index (κ2) is 15.2. The number of hydrogen-bond donors (Lipinski definition) is 5. The molecule has 0 aliphatic rings. The molecule has 2 heterocycles. The van der Waals surface area contributed by atoms with Gasteiger partial charge in [0.25, 0.3) is 5.91 Å². The second-order valence-electron chi connectivity index (χ2n) is 12.1. The Balaban J connectivity index is 1.23. The maximum Gasteiger partial charge on any atom is 0.252 e. The number of fused-ring (bicyclic) bond motifs is 2. The van der Waals surface area contributed by atoms with E-state index in [0.29, 0.717) is 52.3 Å². The van der Waals surface area contributed by atoms with E-state index in [4.69, 9.17) is 16.6 Å². The van der Waals surface area contributed by atoms with E-state index >= 15 is 0 Å². The highest BCUT2D eigenvalue weighted by Gasteiger charge is 2.19. The van der Waals surface area contributed by atoms with Crippen molar-refractivity contribution in [1.29, 1.82) is 0 Å². The van der Waals surface area contributed by atoms with Crippen LogP contribution in [0.4, 0.5) is 23.1 Å². The molecular formula is C34H42ClN9O2S. The van der Waals surface area contributed by atoms with Crippen molar-refractivity contribution >= 4 is 74.5 Å². The van der Waals surface area contributed by atoms with Gasteiger partial charge in [0.2, 0.25) is 5.95 Å². The van der Waals surface area contributed by atoms with E-state index in [0.717, 1.165) is 4.90 Å². The van der Waals surface area contributed by atoms with Crippen LogP contribution in [0.1, 0.15) is 44.1 Å². The molecule has 0 fully saturated rings. The molecule has 0 saturated heterocycles. The molecule has 0 aliphatic heterocycles. The van der Waals surface area contributed by atoms with Gasteiger partial charge in [0.1, 0.15) is 0 Å². The lowest BCUT2D eigenvalue weighted by molar-refractivity contribution is 0.0954. The number of aliphatic hydroxyl groups excluding tert-OH is 1. The lowest BCUT2D eigenvalue weighted by Gasteiger charge is -2.20. The molecule has 47 heavy (non-hydrogen) atoms. The quantitative estimate of drug-likeness (QED) is 0.0658. The van der Waals surface area contributed by atoms with Crippen LogP contribution < -0.4 is 25.6 Å². The molecule has 13 heteroatoms. The lowest BCUT2D eigenvalue weighted by Crippen LogP contribution is -2.30. The maximum atomic E-state index is 13.0. The van der Waals surface area contributed by atoms with Crippen LogP contribution in [-0.4, -0.2) is 70.4 Å². The van der Waals surface area contributed by atoms with Gasteiger partial charge < -0.3 is 30.5 Å². The zero-order valence-electron chi connectivity index (χ0n) is 27.5. The lowest BCUT2D eigenvalue weighted by atomic mass is 10.1. The highest BCUT2D eigenvalue weighted by molar-refractivity contribution is 7.97. The van der Waals surface area contributed by atoms with Crippen molar-refractivity contribution in [3.63, 3.8) is 0 Å². The summed E-state index contributed by atoms with van der Waals surface area (Å²) in [4.78, 5) is 30.2. The number of carbonyl (C=O) groups is 1. The number of nitrogens with zero attached hydrogens (tertiary/aromatic N) is 5. The molecule has 0 saturated carbocycles. The summed E-state index contributed by atoms with van der Waals surface area (Å²) >= 11 is 8.15. The highest BCUT2D eigenvalue weighted by atomic mass is 35.5. The van der Waals surface area contributed by atoms with Crippen LogP contribution in [0.3, 0.4) is 0 Å². The minimum Gasteiger partial charge on any atom is -0.394 e. The van der Waals surface area contributed by atoms with Crippen LogP contribution in [0.15, 0.2) is 65.8 Å². The van der Waals surface area contributed by atoms with Gasteiger partial charge in [-0.1, -0.05) is 49.7 Å². The van der Waals surface area contributed by atoms with Crippen LogP contribution in [-0.2, 0) is 0 Å². The maximum absolute atomic E-state index is 13.0. The van der Waals surface area contributed by atoms with E-state index < -0.39 is 0 Å². The molecule has 5 N–H and O–H groups in total. The molecule has 0 bridgehead atoms. The van der Waals surface area contributed by atoms with E-state index in [1.165, 1.54) is 16.5 Å². The second-order valence-corrected chi connectivity index (χ2v) is 13.4. The largest absolute Gasteiger partial charge is 0.394 e. The van der Waals surface area contributed by atoms with Crippen molar-refractivity contribution < 1.29 is 9.90 Å². The predicted molar refractivity (Wildman–Crippen MR) is 194 cm³/mol. The normalized spacial score (nSPS) is 12.2. The predicted octanol–water partition coefficient (Wildman–Crippen LogP) is 6.48. The fraction of sp³-hybridized carbons (Fsp3) is 0.353. The van der Waals surface area contributed by atoms with Gasteiger partial charge in [-0.3, -0.25) is 9.52 Å². The summed E-state index contributed by atoms with van der Waals surface area (Å²) in [5.41, 5.74) is 3.44. The van der Waals surface area contributed by atoms with Crippen molar-refractivity contribution in [3.8, 4) is 0 Å². The molecule has 5 rings (SSSR count). The number of rotatable bonds is 14. The average molecular weight is 676 g/mol. The summed E-state index contributed by atoms with van der Waals surface area (Å²) < 4.78 is 5.32. The molecule has 5 aromatic rings. The van der Waals surface area contributed by atoms with Gasteiger partial charge in [0, 0.05) is 54.9 Å². The van der Waals surface area contributed by atoms with Crippen molar-refractivity contribution in [2.45, 2.75) is 44.7 Å². The van der Waals surface area contributed by atoms with E-state index in [1.54, 1.807) is 36.5 Å². The number of halogens is 1. The summed E-state index contributed by atoms with van der Waals surface area (Å²) in [6, 6.07) is 17.6. The molecule has 3 aromatic carbocycles. The number of anilines is 4. The number of aliphatic hydroxyl groups is 1. The third kappa shape index (κ3) is 7.90. The zero-order chi connectivity index (χ0) is 33.7. The summed E-state index contributed by atoms with van der Waals surface area (Å²) in [5, 5.41) is 22.0. The number of aromatic nitrogens is 4. The first-order chi connectivity index (χ1) is 22.6. The molecule has 1 unspecified atom stereocenters. The third-order valence-electron chi connectivity index (χ3n) is 7.81. The Morgan fingerprint density at radius 2 is 1.79 bits per heavy atom. The standard InChI is InChI=1S/C34H42ClN9O2S/c1-20(2)27(18-45)40-34-41-31(30-32(42-34)44(19-37-30)21(3)4)39-22-13-14-25(26(35)17-22)33(46)36-15-16-38-47-29-12-8-9-23-24(29)10-7-11-28(23)43(5)6/h7-14,17,19-21,27,38,45H,15-16,18H2,1-6H3,(H,36,46)(H2,39,40,41,42). The van der Waals surface area contributed by atoms with Crippen molar-refractivity contribution in [2.75, 3.05) is 49.3 Å². The third-order valence-corrected chi connectivity index (χ3v) is 9.04. The fourth-order valence-electron chi connectivity index (χ4n) is 5.14. The first-order valence-corrected chi connectivity index (χ1v) is 16.8. The number of nitrogens with one attached hydrogen (secondary N) is 4. The van der Waals surface area contributed by atoms with Gasteiger partial charge in [-0.15, -0.1) is 0 Å². The van der Waals surface area contributed by atoms with E-state index in [1.807, 2.05) is 32.5 Å². The Morgan fingerprint density at radius 3 is 2.49 bits per heavy atom. The number of amides is 1. The first kappa shape index (κ1) is 34.2. The Kier molecular flexibility index (Phi) is 11.1. The van der Waals surface area contributed by atoms with E-state index in [2.05, 4.69) is 85.8 Å². The number of benzene rings is 3. The van der Waals surface area contributed by atoms with Crippen molar-refractivity contribution in [2.24, 2.45) is 5.92 Å². The molecular weight excluding hydrogens is 634 g/mol. The molecule has 2 aromatic heterocycles. The number of imidazole rings is 1. The molecule has 1 amide bonds. The summed E-state index contributed by atoms with van der Waals surface area (Å²) in [6.45, 7) is 9.08. The van der Waals surface area contributed by atoms with E-state index in [9.17, 15) is 9.90 Å². The van der Waals surface area contributed by atoms with Gasteiger partial charge in [-0.05, 0) is 67.4 Å². The first-order valence-electron chi connectivity index (χ1n) is 15.6. The fourth-order valence-corrected chi connectivity index (χ4v) is 6.20. The minimum absolute atomic E-state index is 0.0542. The van der Waals surface area contributed by atoms with Crippen LogP contribution >= 0.6 is 23.5 Å². The van der Waals surface area contributed by atoms with Gasteiger partial charge in [0.15, 0.2) is 17.0 Å². The molecule has 248 valence electrons. The molecule has 1 atom stereocenters. The summed E-state index contributed by atoms with van der Waals surface area (Å²) in [6.07, 6.45) is 1.74. The molecule has 0 spiro atoms. The Bertz CT molecular complexity index is 1860. The van der Waals surface area contributed by atoms with Crippen LogP contribution in [0, 0.1) is 5.92 Å². The molecule has 11 nitrogen and oxygen atoms in total. The molecule has 0 aliphatic carbocycles. The molecule has 0 radical (unpaired) electrons. The Morgan fingerprint density at radius 1 is 1.02 bits per heavy atom. The summed E-state index contributed by atoms with van der Waals surface area (Å²) in [7, 11) is 4.09. The minimum atomic E-state index is -0.260. The SMILES string of the molecule is CC(C)C(CO)Nc1nc(Nc2ccc(C(=O)NCCNSc3cccc4c(N(C)C)cccc34)c(Cl)c2)c2ncn(C(C)C)c2n1. The van der Waals surface area contributed by atoms with Crippen LogP contribution in [0.2, 0.25) is 5.02 Å². The van der Waals surface area contributed by atoms with Gasteiger partial charge >= 0.3 is 0 Å². The van der Waals surface area contributed by atoms with Crippen molar-refractivity contribution in [3.05, 3.63) is 71.5 Å². The summed E-state index contributed by atoms with van der Waals surface area (Å²) in [5.74, 6) is 0.768. The zero-order valence-corrected chi connectivity index (χ0v) is 29.1. The smallest absolute Gasteiger partial charge is 0.252 e. The Hall–Kier alpha value is -4.10. The van der Waals surface area contributed by atoms with Gasteiger partial charge in [-0.25, -0.2) is 4.98 Å². The average Bonchev–Trinajstić information content (AvgIpc) is 3.48.